The van der Waals surface area contributed by atoms with E-state index >= 15 is 0 Å². The Kier molecular flexibility index (Phi) is 4.62. The Morgan fingerprint density at radius 1 is 1.52 bits per heavy atom. The van der Waals surface area contributed by atoms with E-state index < -0.39 is 0 Å². The van der Waals surface area contributed by atoms with Gasteiger partial charge >= 0.3 is 6.03 Å². The van der Waals surface area contributed by atoms with E-state index in [1.807, 2.05) is 37.9 Å². The fourth-order valence-corrected chi connectivity index (χ4v) is 2.04. The molecule has 0 spiro atoms. The highest BCUT2D eigenvalue weighted by molar-refractivity contribution is 5.74. The zero-order chi connectivity index (χ0) is 15.4. The number of aromatic nitrogens is 4. The van der Waals surface area contributed by atoms with Crippen molar-refractivity contribution in [1.82, 2.24) is 29.5 Å². The second-order valence-electron chi connectivity index (χ2n) is 5.21. The van der Waals surface area contributed by atoms with Crippen LogP contribution in [0.1, 0.15) is 24.4 Å². The van der Waals surface area contributed by atoms with E-state index in [0.717, 1.165) is 17.9 Å². The van der Waals surface area contributed by atoms with E-state index in [1.165, 1.54) is 0 Å². The summed E-state index contributed by atoms with van der Waals surface area (Å²) in [6, 6.07) is -0.159. The second kappa shape index (κ2) is 6.43. The molecule has 2 aromatic rings. The van der Waals surface area contributed by atoms with Gasteiger partial charge in [-0.2, -0.15) is 5.10 Å². The molecule has 1 N–H and O–H groups in total. The SMILES string of the molecule is Cc1nccn1CCN(C)C(=O)NC(C)c1cnn(C)c1. The quantitative estimate of drug-likeness (QED) is 0.903. The van der Waals surface area contributed by atoms with Crippen LogP contribution in [0.3, 0.4) is 0 Å². The first-order valence-corrected chi connectivity index (χ1v) is 6.95. The van der Waals surface area contributed by atoms with Gasteiger partial charge in [0, 0.05) is 51.3 Å². The number of carbonyl (C=O) groups is 1. The number of carbonyl (C=O) groups excluding carboxylic acids is 1. The number of hydrogen-bond donors (Lipinski definition) is 1. The van der Waals surface area contributed by atoms with Crippen LogP contribution in [-0.2, 0) is 13.6 Å². The molecule has 0 fully saturated rings. The monoisotopic (exact) mass is 290 g/mol. The topological polar surface area (TPSA) is 68.0 Å². The molecule has 1 atom stereocenters. The van der Waals surface area contributed by atoms with Crippen molar-refractivity contribution in [3.63, 3.8) is 0 Å². The van der Waals surface area contributed by atoms with Crippen LogP contribution in [0.5, 0.6) is 0 Å². The molecule has 0 radical (unpaired) electrons. The highest BCUT2D eigenvalue weighted by Gasteiger charge is 2.14. The average molecular weight is 290 g/mol. The zero-order valence-corrected chi connectivity index (χ0v) is 12.9. The van der Waals surface area contributed by atoms with Crippen molar-refractivity contribution in [3.05, 3.63) is 36.2 Å². The molecule has 7 heteroatoms. The smallest absolute Gasteiger partial charge is 0.317 e. The van der Waals surface area contributed by atoms with Crippen molar-refractivity contribution in [2.45, 2.75) is 26.4 Å². The van der Waals surface area contributed by atoms with E-state index in [1.54, 1.807) is 29.0 Å². The molecule has 1 unspecified atom stereocenters. The summed E-state index contributed by atoms with van der Waals surface area (Å²) in [6.45, 7) is 5.26. The van der Waals surface area contributed by atoms with Crippen LogP contribution in [-0.4, -0.2) is 43.9 Å². The largest absolute Gasteiger partial charge is 0.333 e. The molecule has 0 bridgehead atoms. The Morgan fingerprint density at radius 2 is 2.29 bits per heavy atom. The normalized spacial score (nSPS) is 12.2. The molecule has 0 aliphatic rings. The minimum Gasteiger partial charge on any atom is -0.333 e. The van der Waals surface area contributed by atoms with E-state index in [-0.39, 0.29) is 12.1 Å². The number of aryl methyl sites for hydroxylation is 2. The fraction of sp³-hybridized carbons (Fsp3) is 0.500. The third-order valence-electron chi connectivity index (χ3n) is 3.51. The molecule has 2 amide bonds. The lowest BCUT2D eigenvalue weighted by Gasteiger charge is -2.21. The third-order valence-corrected chi connectivity index (χ3v) is 3.51. The van der Waals surface area contributed by atoms with Crippen LogP contribution in [0.25, 0.3) is 0 Å². The number of urea groups is 1. The minimum absolute atomic E-state index is 0.0661. The van der Waals surface area contributed by atoms with Crippen molar-refractivity contribution < 1.29 is 4.79 Å². The lowest BCUT2D eigenvalue weighted by Crippen LogP contribution is -2.40. The maximum Gasteiger partial charge on any atom is 0.317 e. The first kappa shape index (κ1) is 15.1. The number of nitrogens with one attached hydrogen (secondary N) is 1. The first-order valence-electron chi connectivity index (χ1n) is 6.95. The molecule has 2 rings (SSSR count). The summed E-state index contributed by atoms with van der Waals surface area (Å²) in [5.74, 6) is 0.951. The van der Waals surface area contributed by atoms with Gasteiger partial charge in [-0.05, 0) is 13.8 Å². The van der Waals surface area contributed by atoms with Crippen molar-refractivity contribution in [3.8, 4) is 0 Å². The van der Waals surface area contributed by atoms with Gasteiger partial charge in [0.1, 0.15) is 5.82 Å². The van der Waals surface area contributed by atoms with Crippen LogP contribution in [0.15, 0.2) is 24.8 Å². The van der Waals surface area contributed by atoms with Gasteiger partial charge < -0.3 is 14.8 Å². The van der Waals surface area contributed by atoms with Crippen LogP contribution < -0.4 is 5.32 Å². The fourth-order valence-electron chi connectivity index (χ4n) is 2.04. The molecule has 21 heavy (non-hydrogen) atoms. The van der Waals surface area contributed by atoms with Gasteiger partial charge in [0.05, 0.1) is 12.2 Å². The van der Waals surface area contributed by atoms with E-state index in [4.69, 9.17) is 0 Å². The molecule has 0 aliphatic carbocycles. The second-order valence-corrected chi connectivity index (χ2v) is 5.21. The highest BCUT2D eigenvalue weighted by Crippen LogP contribution is 2.10. The van der Waals surface area contributed by atoms with Crippen LogP contribution >= 0.6 is 0 Å². The van der Waals surface area contributed by atoms with E-state index in [9.17, 15) is 4.79 Å². The molecule has 0 saturated carbocycles. The number of imidazole rings is 1. The van der Waals surface area contributed by atoms with Gasteiger partial charge in [-0.1, -0.05) is 0 Å². The molecule has 0 aliphatic heterocycles. The van der Waals surface area contributed by atoms with Crippen molar-refractivity contribution in [2.24, 2.45) is 7.05 Å². The summed E-state index contributed by atoms with van der Waals surface area (Å²) in [4.78, 5) is 18.0. The molecule has 2 heterocycles. The Hall–Kier alpha value is -2.31. The van der Waals surface area contributed by atoms with Gasteiger partial charge in [0.2, 0.25) is 0 Å². The highest BCUT2D eigenvalue weighted by atomic mass is 16.2. The average Bonchev–Trinajstić information content (AvgIpc) is 3.04. The van der Waals surface area contributed by atoms with E-state index in [0.29, 0.717) is 6.54 Å². The van der Waals surface area contributed by atoms with Gasteiger partial charge in [-0.15, -0.1) is 0 Å². The molecule has 0 aromatic carbocycles. The first-order chi connectivity index (χ1) is 9.97. The Morgan fingerprint density at radius 3 is 2.86 bits per heavy atom. The van der Waals surface area contributed by atoms with Gasteiger partial charge in [-0.25, -0.2) is 9.78 Å². The standard InChI is InChI=1S/C14H22N6O/c1-11(13-9-16-19(4)10-13)17-14(21)18(3)7-8-20-6-5-15-12(20)2/h5-6,9-11H,7-8H2,1-4H3,(H,17,21). The zero-order valence-electron chi connectivity index (χ0n) is 12.9. The summed E-state index contributed by atoms with van der Waals surface area (Å²) in [6.07, 6.45) is 7.35. The summed E-state index contributed by atoms with van der Waals surface area (Å²) in [7, 11) is 3.65. The molecular weight excluding hydrogens is 268 g/mol. The number of rotatable bonds is 5. The summed E-state index contributed by atoms with van der Waals surface area (Å²) in [5.41, 5.74) is 0.990. The summed E-state index contributed by atoms with van der Waals surface area (Å²) in [5, 5.41) is 7.07. The van der Waals surface area contributed by atoms with Gasteiger partial charge in [0.25, 0.3) is 0 Å². The predicted molar refractivity (Wildman–Crippen MR) is 79.7 cm³/mol. The van der Waals surface area contributed by atoms with Crippen LogP contribution in [0.2, 0.25) is 0 Å². The number of hydrogen-bond acceptors (Lipinski definition) is 3. The van der Waals surface area contributed by atoms with Crippen molar-refractivity contribution >= 4 is 6.03 Å². The Bertz CT molecular complexity index is 602. The predicted octanol–water partition coefficient (Wildman–Crippen LogP) is 1.33. The third kappa shape index (κ3) is 3.84. The maximum absolute atomic E-state index is 12.1. The van der Waals surface area contributed by atoms with Crippen molar-refractivity contribution in [2.75, 3.05) is 13.6 Å². The summed E-state index contributed by atoms with van der Waals surface area (Å²) < 4.78 is 3.75. The maximum atomic E-state index is 12.1. The van der Waals surface area contributed by atoms with Crippen LogP contribution in [0.4, 0.5) is 4.79 Å². The Labute approximate surface area is 124 Å². The lowest BCUT2D eigenvalue weighted by atomic mass is 10.2. The Balaban J connectivity index is 1.83. The number of amides is 2. The molecule has 7 nitrogen and oxygen atoms in total. The summed E-state index contributed by atoms with van der Waals surface area (Å²) >= 11 is 0. The lowest BCUT2D eigenvalue weighted by molar-refractivity contribution is 0.203. The van der Waals surface area contributed by atoms with Gasteiger partial charge in [0.15, 0.2) is 0 Å². The minimum atomic E-state index is -0.0934. The molecule has 0 saturated heterocycles. The number of likely N-dealkylation sites (N-methyl/N-ethyl adjacent to an activating group) is 1. The molecule has 2 aromatic heterocycles. The molecular formula is C14H22N6O. The number of nitrogens with zero attached hydrogens (tertiary/aromatic N) is 5. The van der Waals surface area contributed by atoms with Gasteiger partial charge in [-0.3, -0.25) is 4.68 Å². The van der Waals surface area contributed by atoms with Crippen molar-refractivity contribution in [1.29, 1.82) is 0 Å². The van der Waals surface area contributed by atoms with E-state index in [2.05, 4.69) is 15.4 Å². The van der Waals surface area contributed by atoms with Crippen LogP contribution in [0, 0.1) is 6.92 Å². The molecule has 114 valence electrons.